The van der Waals surface area contributed by atoms with Crippen LogP contribution in [0.2, 0.25) is 0 Å². The fraction of sp³-hybridized carbons (Fsp3) is 0.467. The quantitative estimate of drug-likeness (QED) is 0.884. The first kappa shape index (κ1) is 15.1. The zero-order valence-corrected chi connectivity index (χ0v) is 12.9. The largest absolute Gasteiger partial charge is 0.308 e. The van der Waals surface area contributed by atoms with Crippen LogP contribution in [0, 0.1) is 19.7 Å². The van der Waals surface area contributed by atoms with Crippen LogP contribution in [0.15, 0.2) is 18.3 Å². The van der Waals surface area contributed by atoms with Gasteiger partial charge in [-0.05, 0) is 38.9 Å². The fourth-order valence-electron chi connectivity index (χ4n) is 1.99. The summed E-state index contributed by atoms with van der Waals surface area (Å²) in [5.41, 5.74) is 1.96. The number of halogens is 1. The number of nitrogens with one attached hydrogen (secondary N) is 1. The molecule has 0 saturated heterocycles. The van der Waals surface area contributed by atoms with Gasteiger partial charge in [0.15, 0.2) is 0 Å². The molecule has 0 aliphatic heterocycles. The highest BCUT2D eigenvalue weighted by Crippen LogP contribution is 2.22. The summed E-state index contributed by atoms with van der Waals surface area (Å²) in [4.78, 5) is 10.0. The Hall–Kier alpha value is -1.33. The number of aryl methyl sites for hydroxylation is 2. The van der Waals surface area contributed by atoms with E-state index in [1.807, 2.05) is 6.92 Å². The Morgan fingerprint density at radius 3 is 2.70 bits per heavy atom. The van der Waals surface area contributed by atoms with Crippen LogP contribution in [-0.2, 0) is 6.42 Å². The normalized spacial score (nSPS) is 12.6. The molecule has 108 valence electrons. The van der Waals surface area contributed by atoms with Crippen LogP contribution < -0.4 is 5.32 Å². The summed E-state index contributed by atoms with van der Waals surface area (Å²) < 4.78 is 13.0. The highest BCUT2D eigenvalue weighted by molar-refractivity contribution is 7.11. The highest BCUT2D eigenvalue weighted by atomic mass is 32.1. The third-order valence-electron chi connectivity index (χ3n) is 3.20. The first-order valence-electron chi connectivity index (χ1n) is 6.88. The lowest BCUT2D eigenvalue weighted by molar-refractivity contribution is 0.513. The number of aromatic nitrogens is 2. The minimum Gasteiger partial charge on any atom is -0.308 e. The topological polar surface area (TPSA) is 37.8 Å². The molecule has 0 saturated carbocycles. The Kier molecular flexibility index (Phi) is 5.20. The van der Waals surface area contributed by atoms with Gasteiger partial charge in [-0.2, -0.15) is 0 Å². The molecule has 1 atom stereocenters. The Balaban J connectivity index is 2.16. The van der Waals surface area contributed by atoms with Crippen molar-refractivity contribution < 1.29 is 4.39 Å². The molecule has 0 fully saturated rings. The van der Waals surface area contributed by atoms with Gasteiger partial charge in [0.05, 0.1) is 28.6 Å². The molecule has 0 spiro atoms. The lowest BCUT2D eigenvalue weighted by Gasteiger charge is -2.16. The molecule has 5 heteroatoms. The molecular formula is C15H20FN3S. The number of hydrogen-bond donors (Lipinski definition) is 1. The van der Waals surface area contributed by atoms with Crippen molar-refractivity contribution in [2.75, 3.05) is 6.54 Å². The summed E-state index contributed by atoms with van der Waals surface area (Å²) in [7, 11) is 0. The lowest BCUT2D eigenvalue weighted by atomic mass is 10.1. The van der Waals surface area contributed by atoms with Gasteiger partial charge in [-0.25, -0.2) is 9.37 Å². The minimum absolute atomic E-state index is 0.0838. The molecule has 0 radical (unpaired) electrons. The molecule has 0 amide bonds. The van der Waals surface area contributed by atoms with Gasteiger partial charge in [-0.3, -0.25) is 4.98 Å². The maximum absolute atomic E-state index is 13.0. The maximum Gasteiger partial charge on any atom is 0.141 e. The zero-order valence-electron chi connectivity index (χ0n) is 12.1. The van der Waals surface area contributed by atoms with Crippen LogP contribution >= 0.6 is 11.3 Å². The smallest absolute Gasteiger partial charge is 0.141 e. The van der Waals surface area contributed by atoms with Crippen molar-refractivity contribution in [3.8, 4) is 0 Å². The molecule has 0 aromatic carbocycles. The van der Waals surface area contributed by atoms with Crippen molar-refractivity contribution in [1.82, 2.24) is 15.3 Å². The lowest BCUT2D eigenvalue weighted by Crippen LogP contribution is -2.25. The van der Waals surface area contributed by atoms with E-state index in [1.54, 1.807) is 17.4 Å². The van der Waals surface area contributed by atoms with Gasteiger partial charge in [-0.15, -0.1) is 11.3 Å². The predicted molar refractivity (Wildman–Crippen MR) is 80.5 cm³/mol. The maximum atomic E-state index is 13.0. The first-order chi connectivity index (χ1) is 9.60. The van der Waals surface area contributed by atoms with Crippen molar-refractivity contribution in [2.45, 2.75) is 39.7 Å². The van der Waals surface area contributed by atoms with Gasteiger partial charge >= 0.3 is 0 Å². The number of thiazole rings is 1. The fourth-order valence-corrected chi connectivity index (χ4v) is 2.97. The predicted octanol–water partition coefficient (Wildman–Crippen LogP) is 3.58. The Labute approximate surface area is 123 Å². The summed E-state index contributed by atoms with van der Waals surface area (Å²) in [5, 5.41) is 4.56. The van der Waals surface area contributed by atoms with Crippen molar-refractivity contribution in [1.29, 1.82) is 0 Å². The molecule has 20 heavy (non-hydrogen) atoms. The van der Waals surface area contributed by atoms with E-state index in [9.17, 15) is 4.39 Å². The molecule has 2 aromatic heterocycles. The number of hydrogen-bond acceptors (Lipinski definition) is 4. The van der Waals surface area contributed by atoms with E-state index in [4.69, 9.17) is 0 Å². The second-order valence-corrected chi connectivity index (χ2v) is 6.15. The monoisotopic (exact) mass is 293 g/mol. The summed E-state index contributed by atoms with van der Waals surface area (Å²) in [5.74, 6) is -0.302. The third kappa shape index (κ3) is 3.84. The summed E-state index contributed by atoms with van der Waals surface area (Å²) in [6, 6.07) is 3.29. The standard InChI is InChI=1S/C15H20FN3S/c1-4-7-17-14(13-6-5-12(16)9-18-13)8-15-19-10(2)11(3)20-15/h5-6,9,14,17H,4,7-8H2,1-3H3. The van der Waals surface area contributed by atoms with E-state index in [1.165, 1.54) is 17.1 Å². The van der Waals surface area contributed by atoms with E-state index < -0.39 is 0 Å². The number of nitrogens with zero attached hydrogens (tertiary/aromatic N) is 2. The molecule has 2 rings (SSSR count). The second-order valence-electron chi connectivity index (χ2n) is 4.86. The summed E-state index contributed by atoms with van der Waals surface area (Å²) in [6.07, 6.45) is 3.11. The molecule has 0 aliphatic rings. The van der Waals surface area contributed by atoms with Gasteiger partial charge in [0.25, 0.3) is 0 Å². The Bertz CT molecular complexity index is 531. The molecule has 3 nitrogen and oxygen atoms in total. The van der Waals surface area contributed by atoms with Crippen molar-refractivity contribution in [3.05, 3.63) is 45.4 Å². The second kappa shape index (κ2) is 6.90. The number of rotatable bonds is 6. The van der Waals surface area contributed by atoms with Crippen LogP contribution in [-0.4, -0.2) is 16.5 Å². The van der Waals surface area contributed by atoms with E-state index in [0.29, 0.717) is 0 Å². The van der Waals surface area contributed by atoms with E-state index in [0.717, 1.165) is 35.8 Å². The van der Waals surface area contributed by atoms with Crippen LogP contribution in [0.3, 0.4) is 0 Å². The average molecular weight is 293 g/mol. The molecule has 0 bridgehead atoms. The van der Waals surface area contributed by atoms with Gasteiger partial charge in [0, 0.05) is 11.3 Å². The van der Waals surface area contributed by atoms with Crippen LogP contribution in [0.4, 0.5) is 4.39 Å². The molecular weight excluding hydrogens is 273 g/mol. The zero-order chi connectivity index (χ0) is 14.5. The van der Waals surface area contributed by atoms with Crippen molar-refractivity contribution in [3.63, 3.8) is 0 Å². The van der Waals surface area contributed by atoms with Gasteiger partial charge < -0.3 is 5.32 Å². The molecule has 2 heterocycles. The van der Waals surface area contributed by atoms with E-state index in [-0.39, 0.29) is 11.9 Å². The average Bonchev–Trinajstić information content (AvgIpc) is 2.74. The summed E-state index contributed by atoms with van der Waals surface area (Å²) in [6.45, 7) is 7.15. The van der Waals surface area contributed by atoms with E-state index in [2.05, 4.69) is 29.1 Å². The third-order valence-corrected chi connectivity index (χ3v) is 4.29. The van der Waals surface area contributed by atoms with Crippen LogP contribution in [0.25, 0.3) is 0 Å². The molecule has 0 aliphatic carbocycles. The number of pyridine rings is 1. The molecule has 1 N–H and O–H groups in total. The van der Waals surface area contributed by atoms with Crippen molar-refractivity contribution >= 4 is 11.3 Å². The Morgan fingerprint density at radius 1 is 1.35 bits per heavy atom. The first-order valence-corrected chi connectivity index (χ1v) is 7.69. The highest BCUT2D eigenvalue weighted by Gasteiger charge is 2.16. The van der Waals surface area contributed by atoms with E-state index >= 15 is 0 Å². The molecule has 1 unspecified atom stereocenters. The summed E-state index contributed by atoms with van der Waals surface area (Å²) >= 11 is 1.72. The van der Waals surface area contributed by atoms with Gasteiger partial charge in [0.2, 0.25) is 0 Å². The van der Waals surface area contributed by atoms with Crippen LogP contribution in [0.1, 0.15) is 40.7 Å². The van der Waals surface area contributed by atoms with Crippen LogP contribution in [0.5, 0.6) is 0 Å². The minimum atomic E-state index is -0.302. The Morgan fingerprint density at radius 2 is 2.15 bits per heavy atom. The molecule has 2 aromatic rings. The van der Waals surface area contributed by atoms with Gasteiger partial charge in [0.1, 0.15) is 5.82 Å². The van der Waals surface area contributed by atoms with Gasteiger partial charge in [-0.1, -0.05) is 6.92 Å². The van der Waals surface area contributed by atoms with Crippen molar-refractivity contribution in [2.24, 2.45) is 0 Å². The SMILES string of the molecule is CCCNC(Cc1nc(C)c(C)s1)c1ccc(F)cn1.